The van der Waals surface area contributed by atoms with Crippen molar-refractivity contribution in [1.82, 2.24) is 9.29 Å². The fourth-order valence-electron chi connectivity index (χ4n) is 3.53. The summed E-state index contributed by atoms with van der Waals surface area (Å²) in [5, 5.41) is 4.48. The number of para-hydroxylation sites is 1. The Balaban J connectivity index is 1.82. The average Bonchev–Trinajstić information content (AvgIpc) is 3.24. The van der Waals surface area contributed by atoms with Gasteiger partial charge in [-0.05, 0) is 61.7 Å². The number of rotatable bonds is 4. The standard InChI is InChI=1S/C19H21N3O2S/c20-15-7-9-17(10-8-15)25(23,24)22-13-14(12-16-4-3-11-21-16)18-5-1-2-6-19(18)22/h1-2,5-10,13,16,21H,3-4,11-12,20H2/t16-/m0/s1. The highest BCUT2D eigenvalue weighted by Crippen LogP contribution is 2.28. The van der Waals surface area contributed by atoms with Gasteiger partial charge in [0.1, 0.15) is 0 Å². The quantitative estimate of drug-likeness (QED) is 0.706. The number of hydrogen-bond donors (Lipinski definition) is 2. The molecule has 0 radical (unpaired) electrons. The zero-order valence-corrected chi connectivity index (χ0v) is 14.7. The van der Waals surface area contributed by atoms with Crippen molar-refractivity contribution >= 4 is 26.6 Å². The van der Waals surface area contributed by atoms with Crippen LogP contribution in [0.25, 0.3) is 10.9 Å². The number of aromatic nitrogens is 1. The van der Waals surface area contributed by atoms with E-state index in [4.69, 9.17) is 5.73 Å². The number of fused-ring (bicyclic) bond motifs is 1. The zero-order valence-electron chi connectivity index (χ0n) is 13.9. The molecule has 0 aliphatic carbocycles. The Labute approximate surface area is 147 Å². The van der Waals surface area contributed by atoms with Crippen LogP contribution in [0.2, 0.25) is 0 Å². The normalized spacial score (nSPS) is 18.0. The maximum Gasteiger partial charge on any atom is 0.268 e. The Kier molecular flexibility index (Phi) is 4.01. The second-order valence-electron chi connectivity index (χ2n) is 6.54. The van der Waals surface area contributed by atoms with Crippen molar-refractivity contribution in [2.24, 2.45) is 0 Å². The predicted octanol–water partition coefficient (Wildman–Crippen LogP) is 2.76. The largest absolute Gasteiger partial charge is 0.399 e. The molecule has 3 N–H and O–H groups in total. The molecule has 130 valence electrons. The third-order valence-electron chi connectivity index (χ3n) is 4.83. The molecule has 4 rings (SSSR count). The molecule has 2 aromatic carbocycles. The van der Waals surface area contributed by atoms with Gasteiger partial charge in [0.2, 0.25) is 0 Å². The van der Waals surface area contributed by atoms with Crippen LogP contribution in [0.4, 0.5) is 5.69 Å². The minimum absolute atomic E-state index is 0.244. The van der Waals surface area contributed by atoms with Crippen LogP contribution in [-0.4, -0.2) is 25.0 Å². The van der Waals surface area contributed by atoms with Gasteiger partial charge < -0.3 is 11.1 Å². The highest BCUT2D eigenvalue weighted by Gasteiger charge is 2.23. The number of nitrogens with two attached hydrogens (primary N) is 1. The molecule has 1 saturated heterocycles. The van der Waals surface area contributed by atoms with Gasteiger partial charge in [-0.25, -0.2) is 12.4 Å². The Morgan fingerprint density at radius 1 is 1.12 bits per heavy atom. The van der Waals surface area contributed by atoms with E-state index < -0.39 is 10.0 Å². The van der Waals surface area contributed by atoms with Gasteiger partial charge in [-0.2, -0.15) is 0 Å². The van der Waals surface area contributed by atoms with Crippen molar-refractivity contribution in [2.45, 2.75) is 30.2 Å². The smallest absolute Gasteiger partial charge is 0.268 e. The van der Waals surface area contributed by atoms with Gasteiger partial charge in [0.05, 0.1) is 10.4 Å². The molecule has 25 heavy (non-hydrogen) atoms. The minimum Gasteiger partial charge on any atom is -0.399 e. The number of nitrogens with zero attached hydrogens (tertiary/aromatic N) is 1. The molecule has 0 bridgehead atoms. The Morgan fingerprint density at radius 3 is 2.60 bits per heavy atom. The van der Waals surface area contributed by atoms with Gasteiger partial charge in [-0.1, -0.05) is 18.2 Å². The summed E-state index contributed by atoms with van der Waals surface area (Å²) in [4.78, 5) is 0.244. The molecule has 2 heterocycles. The molecule has 1 aliphatic heterocycles. The molecule has 1 aliphatic rings. The molecule has 3 aromatic rings. The van der Waals surface area contributed by atoms with Gasteiger partial charge in [-0.15, -0.1) is 0 Å². The SMILES string of the molecule is Nc1ccc(S(=O)(=O)n2cc(C[C@@H]3CCCN3)c3ccccc32)cc1. The number of anilines is 1. The summed E-state index contributed by atoms with van der Waals surface area (Å²) in [7, 11) is -3.65. The van der Waals surface area contributed by atoms with Crippen LogP contribution in [-0.2, 0) is 16.4 Å². The predicted molar refractivity (Wildman–Crippen MR) is 100 cm³/mol. The van der Waals surface area contributed by atoms with E-state index in [1.807, 2.05) is 24.3 Å². The third kappa shape index (κ3) is 2.92. The van der Waals surface area contributed by atoms with Crippen LogP contribution in [0.5, 0.6) is 0 Å². The summed E-state index contributed by atoms with van der Waals surface area (Å²) in [5.41, 5.74) is 8.01. The first-order valence-electron chi connectivity index (χ1n) is 8.49. The second kappa shape index (κ2) is 6.20. The lowest BCUT2D eigenvalue weighted by molar-refractivity contribution is 0.587. The highest BCUT2D eigenvalue weighted by molar-refractivity contribution is 7.90. The molecular formula is C19H21N3O2S. The van der Waals surface area contributed by atoms with E-state index in [0.717, 1.165) is 30.3 Å². The lowest BCUT2D eigenvalue weighted by Crippen LogP contribution is -2.23. The first-order valence-corrected chi connectivity index (χ1v) is 9.93. The van der Waals surface area contributed by atoms with E-state index in [9.17, 15) is 8.42 Å². The summed E-state index contributed by atoms with van der Waals surface area (Å²) in [6, 6.07) is 14.4. The molecular weight excluding hydrogens is 334 g/mol. The number of benzene rings is 2. The zero-order chi connectivity index (χ0) is 17.4. The minimum atomic E-state index is -3.65. The first-order chi connectivity index (χ1) is 12.1. The average molecular weight is 355 g/mol. The molecule has 0 unspecified atom stereocenters. The van der Waals surface area contributed by atoms with Crippen molar-refractivity contribution in [3.05, 3.63) is 60.3 Å². The topological polar surface area (TPSA) is 77.1 Å². The summed E-state index contributed by atoms with van der Waals surface area (Å²) in [6.07, 6.45) is 4.92. The number of nitrogens with one attached hydrogen (secondary N) is 1. The van der Waals surface area contributed by atoms with Crippen LogP contribution in [0.1, 0.15) is 18.4 Å². The molecule has 0 amide bonds. The maximum absolute atomic E-state index is 13.1. The van der Waals surface area contributed by atoms with Gasteiger partial charge in [-0.3, -0.25) is 0 Å². The Bertz CT molecular complexity index is 1000. The number of nitrogen functional groups attached to an aromatic ring is 1. The van der Waals surface area contributed by atoms with Crippen LogP contribution in [0, 0.1) is 0 Å². The van der Waals surface area contributed by atoms with Crippen molar-refractivity contribution in [2.75, 3.05) is 12.3 Å². The monoisotopic (exact) mass is 355 g/mol. The Hall–Kier alpha value is -2.31. The van der Waals surface area contributed by atoms with Crippen LogP contribution in [0.3, 0.4) is 0 Å². The van der Waals surface area contributed by atoms with Crippen LogP contribution in [0.15, 0.2) is 59.6 Å². The van der Waals surface area contributed by atoms with Crippen LogP contribution >= 0.6 is 0 Å². The third-order valence-corrected chi connectivity index (χ3v) is 6.51. The van der Waals surface area contributed by atoms with Gasteiger partial charge >= 0.3 is 0 Å². The molecule has 1 atom stereocenters. The van der Waals surface area contributed by atoms with E-state index in [0.29, 0.717) is 17.2 Å². The van der Waals surface area contributed by atoms with E-state index in [1.165, 1.54) is 10.4 Å². The molecule has 6 heteroatoms. The van der Waals surface area contributed by atoms with E-state index in [1.54, 1.807) is 30.5 Å². The second-order valence-corrected chi connectivity index (χ2v) is 8.35. The van der Waals surface area contributed by atoms with Gasteiger partial charge in [0.25, 0.3) is 10.0 Å². The van der Waals surface area contributed by atoms with Gasteiger partial charge in [0, 0.05) is 23.3 Å². The summed E-state index contributed by atoms with van der Waals surface area (Å²) in [6.45, 7) is 1.03. The van der Waals surface area contributed by atoms with Crippen LogP contribution < -0.4 is 11.1 Å². The number of hydrogen-bond acceptors (Lipinski definition) is 4. The molecule has 0 saturated carbocycles. The first kappa shape index (κ1) is 16.2. The summed E-state index contributed by atoms with van der Waals surface area (Å²) in [5.74, 6) is 0. The lowest BCUT2D eigenvalue weighted by atomic mass is 10.0. The highest BCUT2D eigenvalue weighted by atomic mass is 32.2. The van der Waals surface area contributed by atoms with E-state index >= 15 is 0 Å². The molecule has 0 spiro atoms. The van der Waals surface area contributed by atoms with E-state index in [-0.39, 0.29) is 4.90 Å². The summed E-state index contributed by atoms with van der Waals surface area (Å²) >= 11 is 0. The van der Waals surface area contributed by atoms with Crippen molar-refractivity contribution in [3.63, 3.8) is 0 Å². The van der Waals surface area contributed by atoms with Crippen molar-refractivity contribution < 1.29 is 8.42 Å². The lowest BCUT2D eigenvalue weighted by Gasteiger charge is -2.09. The Morgan fingerprint density at radius 2 is 1.88 bits per heavy atom. The molecule has 1 fully saturated rings. The fourth-order valence-corrected chi connectivity index (χ4v) is 4.92. The van der Waals surface area contributed by atoms with E-state index in [2.05, 4.69) is 5.32 Å². The molecule has 5 nitrogen and oxygen atoms in total. The summed E-state index contributed by atoms with van der Waals surface area (Å²) < 4.78 is 27.6. The van der Waals surface area contributed by atoms with Crippen molar-refractivity contribution in [1.29, 1.82) is 0 Å². The maximum atomic E-state index is 13.1. The van der Waals surface area contributed by atoms with Crippen molar-refractivity contribution in [3.8, 4) is 0 Å². The fraction of sp³-hybridized carbons (Fsp3) is 0.263. The molecule has 1 aromatic heterocycles. The van der Waals surface area contributed by atoms with Gasteiger partial charge in [0.15, 0.2) is 0 Å².